The van der Waals surface area contributed by atoms with Crippen molar-refractivity contribution >= 4 is 11.6 Å². The van der Waals surface area contributed by atoms with E-state index in [0.717, 1.165) is 11.6 Å². The molecule has 1 aliphatic heterocycles. The minimum atomic E-state index is -4.56. The fraction of sp³-hybridized carbons (Fsp3) is 0.200. The van der Waals surface area contributed by atoms with E-state index in [4.69, 9.17) is 4.52 Å². The van der Waals surface area contributed by atoms with E-state index in [-0.39, 0.29) is 36.1 Å². The van der Waals surface area contributed by atoms with E-state index < -0.39 is 17.6 Å². The number of hydrogen-bond donors (Lipinski definition) is 1. The summed E-state index contributed by atoms with van der Waals surface area (Å²) >= 11 is 0. The Bertz CT molecular complexity index is 1030. The molecule has 2 aromatic carbocycles. The molecule has 3 aromatic rings. The lowest BCUT2D eigenvalue weighted by molar-refractivity contribution is -0.137. The van der Waals surface area contributed by atoms with Crippen LogP contribution >= 0.6 is 0 Å². The Labute approximate surface area is 158 Å². The monoisotopic (exact) mass is 388 g/mol. The highest BCUT2D eigenvalue weighted by Gasteiger charge is 2.36. The highest BCUT2D eigenvalue weighted by Crippen LogP contribution is 2.39. The Kier molecular flexibility index (Phi) is 4.43. The summed E-state index contributed by atoms with van der Waals surface area (Å²) in [5, 5.41) is 13.3. The third kappa shape index (κ3) is 3.05. The van der Waals surface area contributed by atoms with Gasteiger partial charge in [-0.1, -0.05) is 41.6 Å². The second-order valence-electron chi connectivity index (χ2n) is 6.47. The van der Waals surface area contributed by atoms with Gasteiger partial charge in [-0.15, -0.1) is 0 Å². The number of aliphatic hydroxyl groups excluding tert-OH is 1. The molecule has 1 aliphatic rings. The Morgan fingerprint density at radius 1 is 1.18 bits per heavy atom. The van der Waals surface area contributed by atoms with E-state index >= 15 is 0 Å². The van der Waals surface area contributed by atoms with Crippen molar-refractivity contribution in [1.82, 2.24) is 5.16 Å². The number of anilines is 1. The zero-order chi connectivity index (χ0) is 19.9. The molecule has 1 atom stereocenters. The standard InChI is InChI=1S/C20H15F3N2O3/c21-20(22,23)15-7-3-1-6-14(15)18-9-16(24-28-18)19(27)25-10-12(11-26)13-5-2-4-8-17(13)25/h1-9,12,26H,10-11H2. The average Bonchev–Trinajstić information content (AvgIpc) is 3.32. The van der Waals surface area contributed by atoms with Crippen molar-refractivity contribution in [2.45, 2.75) is 12.1 Å². The molecule has 0 spiro atoms. The van der Waals surface area contributed by atoms with E-state index in [1.807, 2.05) is 12.1 Å². The first kappa shape index (κ1) is 18.2. The van der Waals surface area contributed by atoms with Gasteiger partial charge in [0.1, 0.15) is 0 Å². The summed E-state index contributed by atoms with van der Waals surface area (Å²) in [7, 11) is 0. The van der Waals surface area contributed by atoms with Crippen LogP contribution in [0.1, 0.15) is 27.5 Å². The second-order valence-corrected chi connectivity index (χ2v) is 6.47. The number of halogens is 3. The molecule has 28 heavy (non-hydrogen) atoms. The SMILES string of the molecule is O=C(c1cc(-c2ccccc2C(F)(F)F)on1)N1CC(CO)c2ccccc21. The highest BCUT2D eigenvalue weighted by atomic mass is 19.4. The molecular formula is C20H15F3N2O3. The second kappa shape index (κ2) is 6.79. The van der Waals surface area contributed by atoms with Crippen molar-refractivity contribution in [3.05, 3.63) is 71.4 Å². The summed E-state index contributed by atoms with van der Waals surface area (Å²) < 4.78 is 44.8. The van der Waals surface area contributed by atoms with Crippen LogP contribution < -0.4 is 4.90 Å². The Morgan fingerprint density at radius 3 is 2.64 bits per heavy atom. The minimum absolute atomic E-state index is 0.0969. The summed E-state index contributed by atoms with van der Waals surface area (Å²) in [6.45, 7) is 0.139. The molecule has 1 amide bonds. The summed E-state index contributed by atoms with van der Waals surface area (Å²) in [4.78, 5) is 14.3. The molecule has 2 heterocycles. The third-order valence-electron chi connectivity index (χ3n) is 4.76. The molecule has 0 saturated heterocycles. The van der Waals surface area contributed by atoms with E-state index in [0.29, 0.717) is 5.69 Å². The molecule has 0 radical (unpaired) electrons. The van der Waals surface area contributed by atoms with Gasteiger partial charge in [0.2, 0.25) is 0 Å². The number of rotatable bonds is 3. The number of carbonyl (C=O) groups is 1. The molecule has 1 N–H and O–H groups in total. The first-order chi connectivity index (χ1) is 13.4. The van der Waals surface area contributed by atoms with Crippen molar-refractivity contribution < 1.29 is 27.6 Å². The predicted molar refractivity (Wildman–Crippen MR) is 94.9 cm³/mol. The lowest BCUT2D eigenvalue weighted by Crippen LogP contribution is -2.30. The van der Waals surface area contributed by atoms with Gasteiger partial charge in [-0.05, 0) is 17.7 Å². The van der Waals surface area contributed by atoms with Gasteiger partial charge in [0.25, 0.3) is 5.91 Å². The molecule has 5 nitrogen and oxygen atoms in total. The number of benzene rings is 2. The minimum Gasteiger partial charge on any atom is -0.396 e. The van der Waals surface area contributed by atoms with Crippen LogP contribution in [0.25, 0.3) is 11.3 Å². The maximum atomic E-state index is 13.2. The molecule has 1 unspecified atom stereocenters. The number of aliphatic hydroxyl groups is 1. The number of amides is 1. The van der Waals surface area contributed by atoms with E-state index in [1.54, 1.807) is 12.1 Å². The Balaban J connectivity index is 1.67. The van der Waals surface area contributed by atoms with E-state index in [1.165, 1.54) is 29.2 Å². The Morgan fingerprint density at radius 2 is 1.89 bits per heavy atom. The molecule has 1 aromatic heterocycles. The first-order valence-electron chi connectivity index (χ1n) is 8.55. The lowest BCUT2D eigenvalue weighted by atomic mass is 10.0. The molecule has 0 bridgehead atoms. The average molecular weight is 388 g/mol. The molecule has 8 heteroatoms. The zero-order valence-electron chi connectivity index (χ0n) is 14.5. The number of carbonyl (C=O) groups excluding carboxylic acids is 1. The number of nitrogens with zero attached hydrogens (tertiary/aromatic N) is 2. The normalized spacial score (nSPS) is 16.3. The van der Waals surface area contributed by atoms with E-state index in [2.05, 4.69) is 5.16 Å². The van der Waals surface area contributed by atoms with Crippen LogP contribution in [0.2, 0.25) is 0 Å². The number of alkyl halides is 3. The van der Waals surface area contributed by atoms with Crippen LogP contribution in [0.3, 0.4) is 0 Å². The van der Waals surface area contributed by atoms with Gasteiger partial charge in [-0.2, -0.15) is 13.2 Å². The molecule has 0 fully saturated rings. The van der Waals surface area contributed by atoms with Crippen LogP contribution in [-0.2, 0) is 6.18 Å². The first-order valence-corrected chi connectivity index (χ1v) is 8.55. The Hall–Kier alpha value is -3.13. The van der Waals surface area contributed by atoms with Gasteiger partial charge >= 0.3 is 6.18 Å². The van der Waals surface area contributed by atoms with Crippen molar-refractivity contribution in [3.8, 4) is 11.3 Å². The highest BCUT2D eigenvalue weighted by molar-refractivity contribution is 6.06. The fourth-order valence-corrected chi connectivity index (χ4v) is 3.43. The number of para-hydroxylation sites is 1. The quantitative estimate of drug-likeness (QED) is 0.734. The van der Waals surface area contributed by atoms with Crippen LogP contribution in [-0.4, -0.2) is 29.3 Å². The van der Waals surface area contributed by atoms with Crippen LogP contribution in [0.5, 0.6) is 0 Å². The maximum Gasteiger partial charge on any atom is 0.417 e. The van der Waals surface area contributed by atoms with Crippen LogP contribution in [0.4, 0.5) is 18.9 Å². The summed E-state index contributed by atoms with van der Waals surface area (Å²) in [5.74, 6) is -0.858. The number of fused-ring (bicyclic) bond motifs is 1. The molecule has 0 aliphatic carbocycles. The van der Waals surface area contributed by atoms with Gasteiger partial charge < -0.3 is 14.5 Å². The molecule has 4 rings (SSSR count). The van der Waals surface area contributed by atoms with Gasteiger partial charge in [0.15, 0.2) is 11.5 Å². The number of aromatic nitrogens is 1. The van der Waals surface area contributed by atoms with Crippen molar-refractivity contribution in [1.29, 1.82) is 0 Å². The maximum absolute atomic E-state index is 13.2. The van der Waals surface area contributed by atoms with Crippen LogP contribution in [0.15, 0.2) is 59.1 Å². The van der Waals surface area contributed by atoms with Crippen molar-refractivity contribution in [2.75, 3.05) is 18.1 Å². The topological polar surface area (TPSA) is 66.6 Å². The summed E-state index contributed by atoms with van der Waals surface area (Å²) in [6.07, 6.45) is -4.56. The fourth-order valence-electron chi connectivity index (χ4n) is 3.43. The van der Waals surface area contributed by atoms with Crippen molar-refractivity contribution in [3.63, 3.8) is 0 Å². The summed E-state index contributed by atoms with van der Waals surface area (Å²) in [6, 6.07) is 13.3. The van der Waals surface area contributed by atoms with E-state index in [9.17, 15) is 23.1 Å². The number of hydrogen-bond acceptors (Lipinski definition) is 4. The zero-order valence-corrected chi connectivity index (χ0v) is 14.5. The lowest BCUT2D eigenvalue weighted by Gasteiger charge is -2.15. The van der Waals surface area contributed by atoms with Crippen molar-refractivity contribution in [2.24, 2.45) is 0 Å². The van der Waals surface area contributed by atoms with Gasteiger partial charge in [-0.25, -0.2) is 0 Å². The van der Waals surface area contributed by atoms with Crippen LogP contribution in [0, 0.1) is 0 Å². The van der Waals surface area contributed by atoms with Gasteiger partial charge in [0.05, 0.1) is 12.2 Å². The van der Waals surface area contributed by atoms with Gasteiger partial charge in [0, 0.05) is 29.8 Å². The third-order valence-corrected chi connectivity index (χ3v) is 4.76. The molecule has 0 saturated carbocycles. The summed E-state index contributed by atoms with van der Waals surface area (Å²) in [5.41, 5.74) is 0.338. The molecule has 144 valence electrons. The predicted octanol–water partition coefficient (Wildman–Crippen LogP) is 4.10. The molecular weight excluding hydrogens is 373 g/mol. The van der Waals surface area contributed by atoms with Gasteiger partial charge in [-0.3, -0.25) is 4.79 Å². The smallest absolute Gasteiger partial charge is 0.396 e. The largest absolute Gasteiger partial charge is 0.417 e.